The highest BCUT2D eigenvalue weighted by molar-refractivity contribution is 6.30. The van der Waals surface area contributed by atoms with Gasteiger partial charge in [0, 0.05) is 17.1 Å². The number of aromatic nitrogens is 3. The van der Waals surface area contributed by atoms with Crippen molar-refractivity contribution >= 4 is 40.2 Å². The number of para-hydroxylation sites is 1. The van der Waals surface area contributed by atoms with E-state index in [4.69, 9.17) is 21.6 Å². The minimum atomic E-state index is -0.315. The zero-order valence-electron chi connectivity index (χ0n) is 18.2. The van der Waals surface area contributed by atoms with E-state index in [1.807, 2.05) is 61.5 Å². The van der Waals surface area contributed by atoms with Gasteiger partial charge >= 0.3 is 6.03 Å². The van der Waals surface area contributed by atoms with Gasteiger partial charge in [0.1, 0.15) is 11.3 Å². The van der Waals surface area contributed by atoms with Crippen molar-refractivity contribution in [2.45, 2.75) is 39.7 Å². The Morgan fingerprint density at radius 1 is 1.03 bits per heavy atom. The molecule has 2 aromatic heterocycles. The summed E-state index contributed by atoms with van der Waals surface area (Å²) in [4.78, 5) is 22.1. The Hall–Kier alpha value is -3.38. The molecule has 0 aliphatic heterocycles. The highest BCUT2D eigenvalue weighted by atomic mass is 35.5. The fourth-order valence-corrected chi connectivity index (χ4v) is 3.84. The van der Waals surface area contributed by atoms with Crippen LogP contribution in [0.5, 0.6) is 0 Å². The van der Waals surface area contributed by atoms with Crippen molar-refractivity contribution in [3.05, 3.63) is 82.8 Å². The largest absolute Gasteiger partial charge is 0.323 e. The normalized spacial score (nSPS) is 11.0. The van der Waals surface area contributed by atoms with Crippen LogP contribution in [-0.4, -0.2) is 20.6 Å². The predicted molar refractivity (Wildman–Crippen MR) is 131 cm³/mol. The minimum Gasteiger partial charge on any atom is -0.308 e. The number of anilines is 2. The summed E-state index contributed by atoms with van der Waals surface area (Å²) in [6, 6.07) is 18.8. The number of carbonyl (C=O) groups excluding carboxylic acids is 1. The molecule has 2 N–H and O–H groups in total. The highest BCUT2D eigenvalue weighted by Crippen LogP contribution is 2.24. The van der Waals surface area contributed by atoms with Crippen molar-refractivity contribution in [1.29, 1.82) is 0 Å². The van der Waals surface area contributed by atoms with Gasteiger partial charge in [0.2, 0.25) is 0 Å². The van der Waals surface area contributed by atoms with Gasteiger partial charge in [-0.15, -0.1) is 0 Å². The van der Waals surface area contributed by atoms with Gasteiger partial charge in [-0.1, -0.05) is 55.3 Å². The molecule has 0 unspecified atom stereocenters. The number of amides is 2. The smallest absolute Gasteiger partial charge is 0.308 e. The molecule has 2 aromatic carbocycles. The van der Waals surface area contributed by atoms with Gasteiger partial charge in [-0.05, 0) is 49.2 Å². The molecule has 2 amide bonds. The number of carbonyl (C=O) groups is 1. The molecule has 4 rings (SSSR count). The van der Waals surface area contributed by atoms with Crippen LogP contribution in [0.25, 0.3) is 11.2 Å². The Labute approximate surface area is 192 Å². The van der Waals surface area contributed by atoms with Gasteiger partial charge in [0.15, 0.2) is 5.65 Å². The maximum Gasteiger partial charge on any atom is 0.323 e. The molecule has 6 nitrogen and oxygen atoms in total. The monoisotopic (exact) mass is 447 g/mol. The van der Waals surface area contributed by atoms with Crippen LogP contribution in [0, 0.1) is 6.92 Å². The maximum atomic E-state index is 12.5. The molecule has 0 saturated heterocycles. The number of nitrogens with one attached hydrogen (secondary N) is 2. The van der Waals surface area contributed by atoms with E-state index >= 15 is 0 Å². The van der Waals surface area contributed by atoms with Crippen LogP contribution < -0.4 is 10.6 Å². The quantitative estimate of drug-likeness (QED) is 0.343. The standard InChI is InChI=1S/C25H26ClN5O/c1-3-4-13-23-29-22-15-21(30-25(32)28-20-11-6-5-7-12-20)17(2)27-24(22)31(23)16-18-9-8-10-19(26)14-18/h5-12,14-15H,3-4,13,16H2,1-2H3,(H2,28,30,32). The first-order chi connectivity index (χ1) is 15.5. The topological polar surface area (TPSA) is 71.8 Å². The summed E-state index contributed by atoms with van der Waals surface area (Å²) in [5.74, 6) is 0.986. The Balaban J connectivity index is 1.64. The van der Waals surface area contributed by atoms with Crippen LogP contribution in [0.1, 0.15) is 36.8 Å². The van der Waals surface area contributed by atoms with Gasteiger partial charge in [0.25, 0.3) is 0 Å². The first kappa shape index (κ1) is 21.8. The summed E-state index contributed by atoms with van der Waals surface area (Å²) in [5, 5.41) is 6.44. The van der Waals surface area contributed by atoms with Crippen molar-refractivity contribution in [3.8, 4) is 0 Å². The number of imidazole rings is 1. The molecule has 32 heavy (non-hydrogen) atoms. The van der Waals surface area contributed by atoms with Gasteiger partial charge in [0.05, 0.1) is 17.9 Å². The van der Waals surface area contributed by atoms with E-state index in [1.165, 1.54) is 0 Å². The van der Waals surface area contributed by atoms with E-state index in [2.05, 4.69) is 28.2 Å². The number of urea groups is 1. The lowest BCUT2D eigenvalue weighted by atomic mass is 10.2. The molecule has 0 bridgehead atoms. The number of hydrogen-bond donors (Lipinski definition) is 2. The summed E-state index contributed by atoms with van der Waals surface area (Å²) in [5.41, 5.74) is 4.76. The fourth-order valence-electron chi connectivity index (χ4n) is 3.63. The van der Waals surface area contributed by atoms with Crippen LogP contribution in [0.2, 0.25) is 5.02 Å². The Kier molecular flexibility index (Phi) is 6.71. The van der Waals surface area contributed by atoms with Crippen molar-refractivity contribution < 1.29 is 4.79 Å². The average Bonchev–Trinajstić information content (AvgIpc) is 3.09. The van der Waals surface area contributed by atoms with Crippen LogP contribution in [0.4, 0.5) is 16.2 Å². The molecule has 7 heteroatoms. The summed E-state index contributed by atoms with van der Waals surface area (Å²) >= 11 is 6.19. The summed E-state index contributed by atoms with van der Waals surface area (Å²) < 4.78 is 2.15. The van der Waals surface area contributed by atoms with Gasteiger partial charge in [-0.2, -0.15) is 0 Å². The van der Waals surface area contributed by atoms with E-state index in [1.54, 1.807) is 0 Å². The van der Waals surface area contributed by atoms with Crippen molar-refractivity contribution in [1.82, 2.24) is 14.5 Å². The summed E-state index contributed by atoms with van der Waals surface area (Å²) in [7, 11) is 0. The third kappa shape index (κ3) is 5.08. The molecule has 0 fully saturated rings. The minimum absolute atomic E-state index is 0.315. The zero-order chi connectivity index (χ0) is 22.5. The van der Waals surface area contributed by atoms with Crippen LogP contribution in [-0.2, 0) is 13.0 Å². The molecule has 164 valence electrons. The first-order valence-corrected chi connectivity index (χ1v) is 11.2. The molecule has 2 heterocycles. The Morgan fingerprint density at radius 3 is 2.59 bits per heavy atom. The zero-order valence-corrected chi connectivity index (χ0v) is 19.0. The lowest BCUT2D eigenvalue weighted by Gasteiger charge is -2.11. The Bertz CT molecular complexity index is 1240. The molecule has 0 aliphatic rings. The van der Waals surface area contributed by atoms with Gasteiger partial charge in [-0.3, -0.25) is 0 Å². The second kappa shape index (κ2) is 9.83. The van der Waals surface area contributed by atoms with Crippen molar-refractivity contribution in [2.24, 2.45) is 0 Å². The van der Waals surface area contributed by atoms with Crippen molar-refractivity contribution in [3.63, 3.8) is 0 Å². The summed E-state index contributed by atoms with van der Waals surface area (Å²) in [6.07, 6.45) is 2.99. The van der Waals surface area contributed by atoms with Gasteiger partial charge in [-0.25, -0.2) is 14.8 Å². The number of fused-ring (bicyclic) bond motifs is 1. The SMILES string of the molecule is CCCCc1nc2cc(NC(=O)Nc3ccccc3)c(C)nc2n1Cc1cccc(Cl)c1. The third-order valence-corrected chi connectivity index (χ3v) is 5.49. The number of rotatable bonds is 7. The second-order valence-corrected chi connectivity index (χ2v) is 8.19. The molecular formula is C25H26ClN5O. The van der Waals surface area contributed by atoms with Crippen LogP contribution >= 0.6 is 11.6 Å². The highest BCUT2D eigenvalue weighted by Gasteiger charge is 2.16. The fraction of sp³-hybridized carbons (Fsp3) is 0.240. The second-order valence-electron chi connectivity index (χ2n) is 7.76. The van der Waals surface area contributed by atoms with E-state index < -0.39 is 0 Å². The number of benzene rings is 2. The summed E-state index contributed by atoms with van der Waals surface area (Å²) in [6.45, 7) is 4.70. The Morgan fingerprint density at radius 2 is 1.84 bits per heavy atom. The van der Waals surface area contributed by atoms with Crippen molar-refractivity contribution in [2.75, 3.05) is 10.6 Å². The number of nitrogens with zero attached hydrogens (tertiary/aromatic N) is 3. The van der Waals surface area contributed by atoms with Crippen LogP contribution in [0.15, 0.2) is 60.7 Å². The molecule has 0 atom stereocenters. The maximum absolute atomic E-state index is 12.5. The molecule has 0 spiro atoms. The number of pyridine rings is 1. The number of halogens is 1. The lowest BCUT2D eigenvalue weighted by Crippen LogP contribution is -2.20. The van der Waals surface area contributed by atoms with E-state index in [9.17, 15) is 4.79 Å². The molecule has 0 radical (unpaired) electrons. The van der Waals surface area contributed by atoms with E-state index in [0.29, 0.717) is 17.3 Å². The molecular weight excluding hydrogens is 422 g/mol. The lowest BCUT2D eigenvalue weighted by molar-refractivity contribution is 0.262. The number of aryl methyl sites for hydroxylation is 2. The number of hydrogen-bond acceptors (Lipinski definition) is 3. The first-order valence-electron chi connectivity index (χ1n) is 10.8. The molecule has 0 saturated carbocycles. The average molecular weight is 448 g/mol. The van der Waals surface area contributed by atoms with E-state index in [0.717, 1.165) is 53.2 Å². The number of unbranched alkanes of at least 4 members (excludes halogenated alkanes) is 1. The predicted octanol–water partition coefficient (Wildman–Crippen LogP) is 6.43. The molecule has 4 aromatic rings. The van der Waals surface area contributed by atoms with Crippen LogP contribution in [0.3, 0.4) is 0 Å². The van der Waals surface area contributed by atoms with E-state index in [-0.39, 0.29) is 6.03 Å². The van der Waals surface area contributed by atoms with Gasteiger partial charge < -0.3 is 15.2 Å². The molecule has 0 aliphatic carbocycles. The third-order valence-electron chi connectivity index (χ3n) is 5.25.